The van der Waals surface area contributed by atoms with Crippen molar-refractivity contribution in [2.24, 2.45) is 0 Å². The van der Waals surface area contributed by atoms with Crippen molar-refractivity contribution in [2.45, 2.75) is 26.2 Å². The maximum Gasteiger partial charge on any atom is 0.290 e. The minimum atomic E-state index is -0.186. The third kappa shape index (κ3) is 4.93. The van der Waals surface area contributed by atoms with Crippen molar-refractivity contribution in [3.63, 3.8) is 0 Å². The average molecular weight is 225 g/mol. The van der Waals surface area contributed by atoms with E-state index in [0.717, 1.165) is 32.5 Å². The van der Waals surface area contributed by atoms with Gasteiger partial charge >= 0.3 is 0 Å². The summed E-state index contributed by atoms with van der Waals surface area (Å²) in [6.07, 6.45) is 6.21. The predicted octanol–water partition coefficient (Wildman–Crippen LogP) is 1.39. The molecule has 90 valence electrons. The minimum Gasteiger partial charge on any atom is -0.381 e. The van der Waals surface area contributed by atoms with Crippen LogP contribution in [0.25, 0.3) is 0 Å². The zero-order valence-corrected chi connectivity index (χ0v) is 9.66. The average Bonchev–Trinajstić information content (AvgIpc) is 2.30. The molecule has 0 bridgehead atoms. The van der Waals surface area contributed by atoms with Gasteiger partial charge in [-0.1, -0.05) is 13.3 Å². The first-order valence-electron chi connectivity index (χ1n) is 5.70. The van der Waals surface area contributed by atoms with Gasteiger partial charge in [-0.05, 0) is 12.8 Å². The van der Waals surface area contributed by atoms with Crippen LogP contribution in [-0.4, -0.2) is 29.7 Å². The first kappa shape index (κ1) is 12.7. The summed E-state index contributed by atoms with van der Waals surface area (Å²) < 4.78 is 5.40. The number of unbranched alkanes of at least 4 members (excludes halogenated alkanes) is 1. The van der Waals surface area contributed by atoms with Crippen LogP contribution >= 0.6 is 0 Å². The molecule has 5 nitrogen and oxygen atoms in total. The molecular formula is C11H19N3O2. The van der Waals surface area contributed by atoms with E-state index in [1.165, 1.54) is 6.20 Å². The Morgan fingerprint density at radius 3 is 3.00 bits per heavy atom. The number of hydrogen-bond acceptors (Lipinski definition) is 4. The van der Waals surface area contributed by atoms with Crippen molar-refractivity contribution in [3.8, 4) is 0 Å². The number of H-pyrrole nitrogens is 1. The van der Waals surface area contributed by atoms with E-state index in [9.17, 15) is 4.79 Å². The number of nitrogens with one attached hydrogen (secondary N) is 2. The van der Waals surface area contributed by atoms with Crippen LogP contribution in [0, 0.1) is 0 Å². The van der Waals surface area contributed by atoms with Crippen LogP contribution < -0.4 is 10.9 Å². The maximum atomic E-state index is 11.2. The summed E-state index contributed by atoms with van der Waals surface area (Å²) in [5.41, 5.74) is -0.186. The summed E-state index contributed by atoms with van der Waals surface area (Å²) in [5, 5.41) is 2.97. The molecule has 16 heavy (non-hydrogen) atoms. The van der Waals surface area contributed by atoms with Crippen LogP contribution in [0.5, 0.6) is 0 Å². The molecule has 0 unspecified atom stereocenters. The van der Waals surface area contributed by atoms with Gasteiger partial charge < -0.3 is 15.0 Å². The number of anilines is 1. The number of nitrogens with zero attached hydrogens (tertiary/aromatic N) is 1. The first-order valence-corrected chi connectivity index (χ1v) is 5.70. The lowest BCUT2D eigenvalue weighted by molar-refractivity contribution is 0.131. The van der Waals surface area contributed by atoms with Gasteiger partial charge in [-0.3, -0.25) is 4.79 Å². The fourth-order valence-electron chi connectivity index (χ4n) is 1.21. The largest absolute Gasteiger partial charge is 0.381 e. The molecule has 0 aromatic carbocycles. The van der Waals surface area contributed by atoms with Crippen LogP contribution in [0.4, 0.5) is 5.82 Å². The summed E-state index contributed by atoms with van der Waals surface area (Å²) >= 11 is 0. The highest BCUT2D eigenvalue weighted by Crippen LogP contribution is 1.92. The summed E-state index contributed by atoms with van der Waals surface area (Å²) in [5.74, 6) is 0.371. The lowest BCUT2D eigenvalue weighted by Crippen LogP contribution is -2.16. The third-order valence-corrected chi connectivity index (χ3v) is 2.11. The molecule has 0 amide bonds. The topological polar surface area (TPSA) is 67.0 Å². The second-order valence-electron chi connectivity index (χ2n) is 3.51. The first-order chi connectivity index (χ1) is 7.84. The van der Waals surface area contributed by atoms with Crippen LogP contribution in [0.15, 0.2) is 17.2 Å². The molecule has 0 aliphatic rings. The van der Waals surface area contributed by atoms with Gasteiger partial charge in [0.05, 0.1) is 0 Å². The van der Waals surface area contributed by atoms with Crippen molar-refractivity contribution in [1.29, 1.82) is 0 Å². The molecule has 0 atom stereocenters. The predicted molar refractivity (Wildman–Crippen MR) is 63.7 cm³/mol. The highest BCUT2D eigenvalue weighted by molar-refractivity contribution is 5.29. The SMILES string of the molecule is CCCCOCCCNc1ncc[nH]c1=O. The number of rotatable bonds is 8. The molecule has 0 fully saturated rings. The zero-order valence-electron chi connectivity index (χ0n) is 9.66. The van der Waals surface area contributed by atoms with Crippen molar-refractivity contribution < 1.29 is 4.74 Å². The van der Waals surface area contributed by atoms with Crippen LogP contribution in [0.1, 0.15) is 26.2 Å². The standard InChI is InChI=1S/C11H19N3O2/c1-2-3-8-16-9-4-5-12-10-11(15)14-7-6-13-10/h6-7H,2-5,8-9H2,1H3,(H,12,13)(H,14,15). The van der Waals surface area contributed by atoms with Crippen molar-refractivity contribution in [1.82, 2.24) is 9.97 Å². The van der Waals surface area contributed by atoms with Gasteiger partial charge in [0, 0.05) is 32.2 Å². The molecule has 1 aromatic heterocycles. The number of hydrogen-bond donors (Lipinski definition) is 2. The van der Waals surface area contributed by atoms with E-state index >= 15 is 0 Å². The Labute approximate surface area is 95.3 Å². The van der Waals surface area contributed by atoms with Crippen LogP contribution in [0.3, 0.4) is 0 Å². The summed E-state index contributed by atoms with van der Waals surface area (Å²) in [4.78, 5) is 17.7. The molecule has 0 saturated carbocycles. The Hall–Kier alpha value is -1.36. The van der Waals surface area contributed by atoms with Gasteiger partial charge in [-0.25, -0.2) is 4.98 Å². The Morgan fingerprint density at radius 1 is 1.44 bits per heavy atom. The van der Waals surface area contributed by atoms with E-state index in [2.05, 4.69) is 22.2 Å². The molecule has 1 heterocycles. The Morgan fingerprint density at radius 2 is 2.25 bits per heavy atom. The number of aromatic amines is 1. The van der Waals surface area contributed by atoms with Crippen molar-refractivity contribution >= 4 is 5.82 Å². The molecule has 0 radical (unpaired) electrons. The molecule has 5 heteroatoms. The van der Waals surface area contributed by atoms with Crippen molar-refractivity contribution in [2.75, 3.05) is 25.1 Å². The highest BCUT2D eigenvalue weighted by Gasteiger charge is 1.97. The highest BCUT2D eigenvalue weighted by atomic mass is 16.5. The lowest BCUT2D eigenvalue weighted by Gasteiger charge is -2.05. The second-order valence-corrected chi connectivity index (χ2v) is 3.51. The van der Waals surface area contributed by atoms with E-state index < -0.39 is 0 Å². The lowest BCUT2D eigenvalue weighted by atomic mass is 10.4. The fourth-order valence-corrected chi connectivity index (χ4v) is 1.21. The Balaban J connectivity index is 2.08. The van der Waals surface area contributed by atoms with E-state index in [1.807, 2.05) is 0 Å². The summed E-state index contributed by atoms with van der Waals surface area (Å²) in [6, 6.07) is 0. The molecule has 0 aliphatic heterocycles. The number of aromatic nitrogens is 2. The third-order valence-electron chi connectivity index (χ3n) is 2.11. The maximum absolute atomic E-state index is 11.2. The second kappa shape index (κ2) is 7.87. The van der Waals surface area contributed by atoms with E-state index in [1.54, 1.807) is 6.20 Å². The molecule has 1 aromatic rings. The quantitative estimate of drug-likeness (QED) is 0.656. The minimum absolute atomic E-state index is 0.186. The fraction of sp³-hybridized carbons (Fsp3) is 0.636. The van der Waals surface area contributed by atoms with Gasteiger partial charge in [0.25, 0.3) is 5.56 Å². The Kier molecular flexibility index (Phi) is 6.25. The van der Waals surface area contributed by atoms with Gasteiger partial charge in [-0.15, -0.1) is 0 Å². The number of ether oxygens (including phenoxy) is 1. The molecule has 0 saturated heterocycles. The summed E-state index contributed by atoms with van der Waals surface area (Å²) in [6.45, 7) is 4.38. The molecule has 2 N–H and O–H groups in total. The molecule has 0 spiro atoms. The van der Waals surface area contributed by atoms with Gasteiger partial charge in [0.1, 0.15) is 0 Å². The van der Waals surface area contributed by atoms with Crippen LogP contribution in [-0.2, 0) is 4.74 Å². The Bertz CT molecular complexity index is 338. The monoisotopic (exact) mass is 225 g/mol. The summed E-state index contributed by atoms with van der Waals surface area (Å²) in [7, 11) is 0. The van der Waals surface area contributed by atoms with E-state index in [-0.39, 0.29) is 5.56 Å². The van der Waals surface area contributed by atoms with Crippen molar-refractivity contribution in [3.05, 3.63) is 22.7 Å². The van der Waals surface area contributed by atoms with Gasteiger partial charge in [0.2, 0.25) is 0 Å². The van der Waals surface area contributed by atoms with Gasteiger partial charge in [0.15, 0.2) is 5.82 Å². The van der Waals surface area contributed by atoms with Crippen LogP contribution in [0.2, 0.25) is 0 Å². The molecule has 1 rings (SSSR count). The molecular weight excluding hydrogens is 206 g/mol. The van der Waals surface area contributed by atoms with E-state index in [4.69, 9.17) is 4.74 Å². The normalized spacial score (nSPS) is 10.3. The van der Waals surface area contributed by atoms with E-state index in [0.29, 0.717) is 12.4 Å². The molecule has 0 aliphatic carbocycles. The zero-order chi connectivity index (χ0) is 11.6. The van der Waals surface area contributed by atoms with Gasteiger partial charge in [-0.2, -0.15) is 0 Å². The smallest absolute Gasteiger partial charge is 0.290 e.